The van der Waals surface area contributed by atoms with Gasteiger partial charge in [-0.25, -0.2) is 8.78 Å². The number of rotatable bonds is 2. The van der Waals surface area contributed by atoms with Gasteiger partial charge in [-0.1, -0.05) is 30.3 Å². The average Bonchev–Trinajstić information content (AvgIpc) is 2.31. The molecular weight excluding hydrogens is 232 g/mol. The molecule has 1 nitrogen and oxygen atoms in total. The number of piperidine rings is 1. The SMILES string of the molecule is Cl.FC(F)(c1ccccc1)C1CCCNC1. The maximum atomic E-state index is 14.0. The Labute approximate surface area is 101 Å². The fraction of sp³-hybridized carbons (Fsp3) is 0.500. The summed E-state index contributed by atoms with van der Waals surface area (Å²) in [6.45, 7) is 1.28. The van der Waals surface area contributed by atoms with E-state index in [1.54, 1.807) is 18.2 Å². The van der Waals surface area contributed by atoms with Crippen molar-refractivity contribution in [1.29, 1.82) is 0 Å². The molecule has 1 saturated heterocycles. The molecule has 1 aliphatic rings. The largest absolute Gasteiger partial charge is 0.316 e. The van der Waals surface area contributed by atoms with Crippen molar-refractivity contribution >= 4 is 12.4 Å². The van der Waals surface area contributed by atoms with Crippen molar-refractivity contribution in [2.75, 3.05) is 13.1 Å². The van der Waals surface area contributed by atoms with E-state index in [1.807, 2.05) is 0 Å². The highest BCUT2D eigenvalue weighted by Gasteiger charge is 2.41. The van der Waals surface area contributed by atoms with Gasteiger partial charge in [-0.3, -0.25) is 0 Å². The Kier molecular flexibility index (Phi) is 4.69. The molecule has 0 amide bonds. The van der Waals surface area contributed by atoms with E-state index < -0.39 is 11.8 Å². The molecule has 0 saturated carbocycles. The van der Waals surface area contributed by atoms with E-state index in [0.717, 1.165) is 13.0 Å². The summed E-state index contributed by atoms with van der Waals surface area (Å²) in [6, 6.07) is 8.11. The quantitative estimate of drug-likeness (QED) is 0.846. The third-order valence-electron chi connectivity index (χ3n) is 2.97. The standard InChI is InChI=1S/C12H15F2N.ClH/c13-12(14,10-5-2-1-3-6-10)11-7-4-8-15-9-11;/h1-3,5-6,11,15H,4,7-9H2;1H. The maximum absolute atomic E-state index is 14.0. The summed E-state index contributed by atoms with van der Waals surface area (Å²) in [7, 11) is 0. The van der Waals surface area contributed by atoms with E-state index in [4.69, 9.17) is 0 Å². The van der Waals surface area contributed by atoms with Crippen molar-refractivity contribution in [3.63, 3.8) is 0 Å². The molecule has 2 rings (SSSR count). The number of hydrogen-bond donors (Lipinski definition) is 1. The molecule has 0 spiro atoms. The number of halogens is 3. The molecule has 1 N–H and O–H groups in total. The topological polar surface area (TPSA) is 12.0 Å². The number of alkyl halides is 2. The Balaban J connectivity index is 0.00000128. The molecule has 0 aliphatic carbocycles. The number of nitrogens with one attached hydrogen (secondary N) is 1. The van der Waals surface area contributed by atoms with Gasteiger partial charge in [0.1, 0.15) is 0 Å². The minimum atomic E-state index is -2.70. The lowest BCUT2D eigenvalue weighted by Crippen LogP contribution is -2.39. The van der Waals surface area contributed by atoms with E-state index >= 15 is 0 Å². The summed E-state index contributed by atoms with van der Waals surface area (Å²) >= 11 is 0. The van der Waals surface area contributed by atoms with E-state index in [9.17, 15) is 8.78 Å². The molecule has 1 aliphatic heterocycles. The molecule has 1 fully saturated rings. The van der Waals surface area contributed by atoms with Crippen LogP contribution in [0.5, 0.6) is 0 Å². The number of benzene rings is 1. The molecule has 1 aromatic rings. The van der Waals surface area contributed by atoms with Gasteiger partial charge >= 0.3 is 0 Å². The summed E-state index contributed by atoms with van der Waals surface area (Å²) < 4.78 is 28.0. The van der Waals surface area contributed by atoms with Crippen molar-refractivity contribution in [3.8, 4) is 0 Å². The van der Waals surface area contributed by atoms with Crippen molar-refractivity contribution < 1.29 is 8.78 Å². The smallest absolute Gasteiger partial charge is 0.277 e. The highest BCUT2D eigenvalue weighted by atomic mass is 35.5. The van der Waals surface area contributed by atoms with Gasteiger partial charge in [0.2, 0.25) is 0 Å². The first kappa shape index (κ1) is 13.4. The lowest BCUT2D eigenvalue weighted by Gasteiger charge is -2.30. The fourth-order valence-corrected chi connectivity index (χ4v) is 2.06. The highest BCUT2D eigenvalue weighted by Crippen LogP contribution is 2.38. The van der Waals surface area contributed by atoms with Crippen LogP contribution in [0.25, 0.3) is 0 Å². The second-order valence-corrected chi connectivity index (χ2v) is 4.03. The second kappa shape index (κ2) is 5.60. The van der Waals surface area contributed by atoms with Gasteiger partial charge in [-0.2, -0.15) is 0 Å². The predicted molar refractivity (Wildman–Crippen MR) is 63.2 cm³/mol. The van der Waals surface area contributed by atoms with Gasteiger partial charge in [-0.05, 0) is 19.4 Å². The summed E-state index contributed by atoms with van der Waals surface area (Å²) in [4.78, 5) is 0. The van der Waals surface area contributed by atoms with Crippen LogP contribution < -0.4 is 5.32 Å². The van der Waals surface area contributed by atoms with Gasteiger partial charge in [-0.15, -0.1) is 12.4 Å². The third-order valence-corrected chi connectivity index (χ3v) is 2.97. The zero-order chi connectivity index (χ0) is 10.7. The Hall–Kier alpha value is -0.670. The van der Waals surface area contributed by atoms with Crippen molar-refractivity contribution in [1.82, 2.24) is 5.32 Å². The molecule has 90 valence electrons. The molecular formula is C12H16ClF2N. The minimum Gasteiger partial charge on any atom is -0.316 e. The van der Waals surface area contributed by atoms with E-state index in [2.05, 4.69) is 5.32 Å². The molecule has 1 aromatic carbocycles. The van der Waals surface area contributed by atoms with Gasteiger partial charge in [0.15, 0.2) is 0 Å². The molecule has 1 heterocycles. The van der Waals surface area contributed by atoms with E-state index in [1.165, 1.54) is 12.1 Å². The van der Waals surface area contributed by atoms with Crippen LogP contribution in [-0.4, -0.2) is 13.1 Å². The Morgan fingerprint density at radius 3 is 2.44 bits per heavy atom. The van der Waals surface area contributed by atoms with E-state index in [-0.39, 0.29) is 18.0 Å². The predicted octanol–water partition coefficient (Wildman–Crippen LogP) is 3.20. The van der Waals surface area contributed by atoms with Gasteiger partial charge in [0, 0.05) is 18.0 Å². The Bertz CT molecular complexity index is 310. The Morgan fingerprint density at radius 1 is 1.19 bits per heavy atom. The van der Waals surface area contributed by atoms with Gasteiger partial charge < -0.3 is 5.32 Å². The first-order valence-electron chi connectivity index (χ1n) is 5.35. The van der Waals surface area contributed by atoms with E-state index in [0.29, 0.717) is 13.0 Å². The zero-order valence-electron chi connectivity index (χ0n) is 8.96. The minimum absolute atomic E-state index is 0. The van der Waals surface area contributed by atoms with Crippen molar-refractivity contribution in [2.45, 2.75) is 18.8 Å². The van der Waals surface area contributed by atoms with Crippen molar-refractivity contribution in [3.05, 3.63) is 35.9 Å². The first-order chi connectivity index (χ1) is 7.21. The number of hydrogen-bond acceptors (Lipinski definition) is 1. The Morgan fingerprint density at radius 2 is 1.88 bits per heavy atom. The maximum Gasteiger partial charge on any atom is 0.277 e. The summed E-state index contributed by atoms with van der Waals surface area (Å²) in [5, 5.41) is 3.03. The molecule has 0 bridgehead atoms. The van der Waals surface area contributed by atoms with Crippen LogP contribution in [0, 0.1) is 5.92 Å². The zero-order valence-corrected chi connectivity index (χ0v) is 9.77. The summed E-state index contributed by atoms with van der Waals surface area (Å²) in [5.74, 6) is -3.26. The van der Waals surface area contributed by atoms with Crippen LogP contribution in [0.15, 0.2) is 30.3 Å². The second-order valence-electron chi connectivity index (χ2n) is 4.03. The lowest BCUT2D eigenvalue weighted by atomic mass is 9.88. The van der Waals surface area contributed by atoms with Crippen LogP contribution in [0.3, 0.4) is 0 Å². The fourth-order valence-electron chi connectivity index (χ4n) is 2.06. The molecule has 16 heavy (non-hydrogen) atoms. The molecule has 4 heteroatoms. The average molecular weight is 248 g/mol. The van der Waals surface area contributed by atoms with Gasteiger partial charge in [0.25, 0.3) is 5.92 Å². The first-order valence-corrected chi connectivity index (χ1v) is 5.35. The van der Waals surface area contributed by atoms with Crippen LogP contribution in [0.1, 0.15) is 18.4 Å². The van der Waals surface area contributed by atoms with Crippen LogP contribution in [-0.2, 0) is 5.92 Å². The normalized spacial score (nSPS) is 21.2. The van der Waals surface area contributed by atoms with Crippen LogP contribution >= 0.6 is 12.4 Å². The van der Waals surface area contributed by atoms with Crippen molar-refractivity contribution in [2.24, 2.45) is 5.92 Å². The molecule has 1 atom stereocenters. The molecule has 1 unspecified atom stereocenters. The molecule has 0 radical (unpaired) electrons. The highest BCUT2D eigenvalue weighted by molar-refractivity contribution is 5.85. The summed E-state index contributed by atoms with van der Waals surface area (Å²) in [6.07, 6.45) is 1.45. The van der Waals surface area contributed by atoms with Crippen LogP contribution in [0.4, 0.5) is 8.78 Å². The third kappa shape index (κ3) is 2.71. The van der Waals surface area contributed by atoms with Crippen LogP contribution in [0.2, 0.25) is 0 Å². The monoisotopic (exact) mass is 247 g/mol. The molecule has 0 aromatic heterocycles. The lowest BCUT2D eigenvalue weighted by molar-refractivity contribution is -0.0724. The summed E-state index contributed by atoms with van der Waals surface area (Å²) in [5.41, 5.74) is 0.138. The van der Waals surface area contributed by atoms with Gasteiger partial charge in [0.05, 0.1) is 0 Å².